The van der Waals surface area contributed by atoms with Gasteiger partial charge in [0.05, 0.1) is 15.4 Å². The minimum absolute atomic E-state index is 0.0528. The van der Waals surface area contributed by atoms with Crippen LogP contribution in [0.5, 0.6) is 0 Å². The summed E-state index contributed by atoms with van der Waals surface area (Å²) in [6.07, 6.45) is 1.33. The molecule has 0 amide bonds. The van der Waals surface area contributed by atoms with Crippen LogP contribution in [0.1, 0.15) is 16.9 Å². The van der Waals surface area contributed by atoms with Gasteiger partial charge in [0.2, 0.25) is 5.90 Å². The monoisotopic (exact) mass is 419 g/mol. The smallest absolute Gasteiger partial charge is 0.363 e. The molecular weight excluding hydrogens is 406 g/mol. The second kappa shape index (κ2) is 7.67. The molecule has 0 saturated carbocycles. The number of hydrogen-bond donors (Lipinski definition) is 0. The lowest BCUT2D eigenvalue weighted by Gasteiger charge is -2.04. The standard InChI is InChI=1S/C21H13N3O7/c1-12-14(6-4-8-17(12)23(26)27)20-22-16(21(25)31-20)11-13-9-10-19(30-13)15-5-2-3-7-18(15)24(28)29/h2-11H,1H3/b16-11-. The van der Waals surface area contributed by atoms with Crippen molar-refractivity contribution in [2.75, 3.05) is 0 Å². The number of ether oxygens (including phenoxy) is 1. The van der Waals surface area contributed by atoms with Gasteiger partial charge in [-0.2, -0.15) is 0 Å². The predicted octanol–water partition coefficient (Wildman–Crippen LogP) is 4.42. The SMILES string of the molecule is Cc1c(C2=N/C(=C\c3ccc(-c4ccccc4[N+](=O)[O-])o3)C(=O)O2)cccc1[N+](=O)[O-]. The van der Waals surface area contributed by atoms with Crippen molar-refractivity contribution in [2.24, 2.45) is 4.99 Å². The fourth-order valence-corrected chi connectivity index (χ4v) is 3.13. The maximum absolute atomic E-state index is 12.2. The lowest BCUT2D eigenvalue weighted by atomic mass is 10.1. The van der Waals surface area contributed by atoms with Gasteiger partial charge in [-0.1, -0.05) is 18.2 Å². The van der Waals surface area contributed by atoms with E-state index in [9.17, 15) is 25.0 Å². The van der Waals surface area contributed by atoms with E-state index < -0.39 is 15.8 Å². The molecule has 0 aliphatic carbocycles. The van der Waals surface area contributed by atoms with E-state index in [2.05, 4.69) is 4.99 Å². The Balaban J connectivity index is 1.68. The summed E-state index contributed by atoms with van der Waals surface area (Å²) in [6.45, 7) is 1.54. The van der Waals surface area contributed by atoms with E-state index in [4.69, 9.17) is 9.15 Å². The van der Waals surface area contributed by atoms with Gasteiger partial charge in [-0.15, -0.1) is 0 Å². The summed E-state index contributed by atoms with van der Waals surface area (Å²) >= 11 is 0. The summed E-state index contributed by atoms with van der Waals surface area (Å²) in [5.74, 6) is -0.308. The van der Waals surface area contributed by atoms with Crippen LogP contribution in [0.15, 0.2) is 69.7 Å². The van der Waals surface area contributed by atoms with Gasteiger partial charge in [0.1, 0.15) is 11.5 Å². The quantitative estimate of drug-likeness (QED) is 0.258. The van der Waals surface area contributed by atoms with Crippen molar-refractivity contribution in [3.8, 4) is 11.3 Å². The highest BCUT2D eigenvalue weighted by Gasteiger charge is 2.28. The molecule has 1 aliphatic heterocycles. The molecule has 2 heterocycles. The zero-order valence-corrected chi connectivity index (χ0v) is 16.0. The molecular formula is C21H13N3O7. The highest BCUT2D eigenvalue weighted by molar-refractivity contribution is 6.13. The number of furan rings is 1. The fourth-order valence-electron chi connectivity index (χ4n) is 3.13. The van der Waals surface area contributed by atoms with Crippen molar-refractivity contribution in [1.82, 2.24) is 0 Å². The van der Waals surface area contributed by atoms with E-state index >= 15 is 0 Å². The number of esters is 1. The van der Waals surface area contributed by atoms with Crippen molar-refractivity contribution in [2.45, 2.75) is 6.92 Å². The number of aliphatic imine (C=N–C) groups is 1. The third-order valence-electron chi connectivity index (χ3n) is 4.62. The number of nitro groups is 2. The summed E-state index contributed by atoms with van der Waals surface area (Å²) in [5, 5.41) is 22.4. The zero-order chi connectivity index (χ0) is 22.1. The zero-order valence-electron chi connectivity index (χ0n) is 16.0. The molecule has 31 heavy (non-hydrogen) atoms. The second-order valence-electron chi connectivity index (χ2n) is 6.52. The van der Waals surface area contributed by atoms with Crippen molar-refractivity contribution in [1.29, 1.82) is 0 Å². The van der Waals surface area contributed by atoms with Crippen LogP contribution < -0.4 is 0 Å². The van der Waals surface area contributed by atoms with Crippen LogP contribution in [0.3, 0.4) is 0 Å². The number of nitrogens with zero attached hydrogens (tertiary/aromatic N) is 3. The van der Waals surface area contributed by atoms with Gasteiger partial charge in [0.15, 0.2) is 5.70 Å². The minimum Gasteiger partial charge on any atom is -0.456 e. The van der Waals surface area contributed by atoms with Crippen molar-refractivity contribution < 1.29 is 23.8 Å². The Hall–Kier alpha value is -4.60. The van der Waals surface area contributed by atoms with E-state index in [-0.39, 0.29) is 34.5 Å². The van der Waals surface area contributed by atoms with Gasteiger partial charge in [-0.05, 0) is 31.2 Å². The molecule has 1 aromatic heterocycles. The van der Waals surface area contributed by atoms with Crippen molar-refractivity contribution >= 4 is 29.3 Å². The van der Waals surface area contributed by atoms with Crippen LogP contribution in [-0.4, -0.2) is 21.7 Å². The molecule has 1 aliphatic rings. The Bertz CT molecular complexity index is 1300. The number of cyclic esters (lactones) is 1. The maximum atomic E-state index is 12.2. The summed E-state index contributed by atoms with van der Waals surface area (Å²) < 4.78 is 10.8. The first-order valence-corrected chi connectivity index (χ1v) is 8.95. The molecule has 0 spiro atoms. The van der Waals surface area contributed by atoms with Crippen LogP contribution in [0.2, 0.25) is 0 Å². The lowest BCUT2D eigenvalue weighted by molar-refractivity contribution is -0.385. The van der Waals surface area contributed by atoms with Crippen molar-refractivity contribution in [3.63, 3.8) is 0 Å². The number of hydrogen-bond acceptors (Lipinski definition) is 8. The normalized spacial score (nSPS) is 14.4. The molecule has 4 rings (SSSR count). The summed E-state index contributed by atoms with van der Waals surface area (Å²) in [7, 11) is 0. The number of rotatable bonds is 5. The Morgan fingerprint density at radius 3 is 2.32 bits per heavy atom. The maximum Gasteiger partial charge on any atom is 0.363 e. The van der Waals surface area contributed by atoms with Gasteiger partial charge in [-0.3, -0.25) is 20.2 Å². The van der Waals surface area contributed by atoms with Crippen LogP contribution in [0.4, 0.5) is 11.4 Å². The van der Waals surface area contributed by atoms with Gasteiger partial charge in [0.25, 0.3) is 11.4 Å². The molecule has 154 valence electrons. The van der Waals surface area contributed by atoms with Crippen molar-refractivity contribution in [3.05, 3.63) is 97.4 Å². The summed E-state index contributed by atoms with van der Waals surface area (Å²) in [5.41, 5.74) is 0.640. The second-order valence-corrected chi connectivity index (χ2v) is 6.52. The van der Waals surface area contributed by atoms with Crippen LogP contribution in [-0.2, 0) is 9.53 Å². The topological polar surface area (TPSA) is 138 Å². The Labute approximate surface area is 174 Å². The number of para-hydroxylation sites is 1. The lowest BCUT2D eigenvalue weighted by Crippen LogP contribution is -2.08. The number of nitro benzene ring substituents is 2. The Morgan fingerprint density at radius 2 is 1.58 bits per heavy atom. The predicted molar refractivity (Wildman–Crippen MR) is 109 cm³/mol. The minimum atomic E-state index is -0.746. The first-order valence-electron chi connectivity index (χ1n) is 8.95. The number of carbonyl (C=O) groups excluding carboxylic acids is 1. The third kappa shape index (κ3) is 3.69. The molecule has 0 bridgehead atoms. The number of carbonyl (C=O) groups is 1. The molecule has 0 saturated heterocycles. The van der Waals surface area contributed by atoms with E-state index in [1.54, 1.807) is 36.4 Å². The van der Waals surface area contributed by atoms with Gasteiger partial charge >= 0.3 is 5.97 Å². The van der Waals surface area contributed by atoms with Crippen LogP contribution >= 0.6 is 0 Å². The molecule has 10 nitrogen and oxygen atoms in total. The molecule has 0 radical (unpaired) electrons. The highest BCUT2D eigenvalue weighted by atomic mass is 16.6. The highest BCUT2D eigenvalue weighted by Crippen LogP contribution is 2.32. The molecule has 3 aromatic rings. The van der Waals surface area contributed by atoms with Gasteiger partial charge in [0, 0.05) is 29.3 Å². The molecule has 0 unspecified atom stereocenters. The average Bonchev–Trinajstić information content (AvgIpc) is 3.35. The summed E-state index contributed by atoms with van der Waals surface area (Å²) in [6, 6.07) is 13.6. The van der Waals surface area contributed by atoms with Gasteiger partial charge < -0.3 is 9.15 Å². The molecule has 0 fully saturated rings. The van der Waals surface area contributed by atoms with Gasteiger partial charge in [-0.25, -0.2) is 9.79 Å². The Morgan fingerprint density at radius 1 is 0.903 bits per heavy atom. The first kappa shape index (κ1) is 19.7. The molecule has 2 aromatic carbocycles. The molecule has 0 atom stereocenters. The largest absolute Gasteiger partial charge is 0.456 e. The van der Waals surface area contributed by atoms with E-state index in [0.717, 1.165) is 0 Å². The van der Waals surface area contributed by atoms with E-state index in [0.29, 0.717) is 16.7 Å². The molecule has 10 heteroatoms. The summed E-state index contributed by atoms with van der Waals surface area (Å²) in [4.78, 5) is 37.7. The van der Waals surface area contributed by atoms with Crippen LogP contribution in [0.25, 0.3) is 17.4 Å². The Kier molecular flexibility index (Phi) is 4.88. The van der Waals surface area contributed by atoms with E-state index in [1.165, 1.54) is 31.2 Å². The first-order chi connectivity index (χ1) is 14.8. The molecule has 0 N–H and O–H groups in total. The number of benzene rings is 2. The van der Waals surface area contributed by atoms with Crippen LogP contribution in [0, 0.1) is 27.2 Å². The van der Waals surface area contributed by atoms with E-state index in [1.807, 2.05) is 0 Å². The fraction of sp³-hybridized carbons (Fsp3) is 0.0476. The third-order valence-corrected chi connectivity index (χ3v) is 4.62. The average molecular weight is 419 g/mol.